The van der Waals surface area contributed by atoms with Gasteiger partial charge in [0.15, 0.2) is 5.01 Å². The third-order valence-electron chi connectivity index (χ3n) is 6.10. The Morgan fingerprint density at radius 2 is 2.11 bits per heavy atom. The number of nitriles is 1. The Hall–Kier alpha value is -3.62. The molecule has 11 heteroatoms. The van der Waals surface area contributed by atoms with E-state index in [-0.39, 0.29) is 12.6 Å². The fraction of sp³-hybridized carbons (Fsp3) is 0.375. The SMILES string of the molecule is CC(C)Nc1cc(-c2ccc3cc(C#N)cnn23)ncc1-c1nnc(N2CC[C@@](C)(O)[C@H](F)C2)s1. The van der Waals surface area contributed by atoms with Crippen LogP contribution in [-0.4, -0.2) is 60.8 Å². The van der Waals surface area contributed by atoms with Crippen LogP contribution in [0.4, 0.5) is 15.2 Å². The van der Waals surface area contributed by atoms with Gasteiger partial charge < -0.3 is 15.3 Å². The van der Waals surface area contributed by atoms with Crippen molar-refractivity contribution in [2.24, 2.45) is 0 Å². The lowest BCUT2D eigenvalue weighted by atomic mass is 9.92. The number of rotatable bonds is 5. The van der Waals surface area contributed by atoms with Crippen LogP contribution in [0.25, 0.3) is 27.5 Å². The number of hydrogen-bond donors (Lipinski definition) is 2. The molecule has 2 atom stereocenters. The summed E-state index contributed by atoms with van der Waals surface area (Å²) in [5.41, 5.74) is 3.16. The summed E-state index contributed by atoms with van der Waals surface area (Å²) in [6, 6.07) is 9.83. The van der Waals surface area contributed by atoms with Gasteiger partial charge in [0.1, 0.15) is 12.2 Å². The number of anilines is 2. The Balaban J connectivity index is 1.49. The standard InChI is InChI=1S/C24H25FN8OS/c1-14(2)29-18-9-19(20-5-4-16-8-15(10-26)11-28-33(16)20)27-12-17(18)22-30-31-23(35-22)32-7-6-24(3,34)21(25)13-32/h4-5,8-9,11-12,14,21,34H,6-7,13H2,1-3H3,(H,27,29)/t21-,24-/m1/s1. The predicted octanol–water partition coefficient (Wildman–Crippen LogP) is 3.91. The summed E-state index contributed by atoms with van der Waals surface area (Å²) in [5.74, 6) is 0. The number of aliphatic hydroxyl groups is 1. The highest BCUT2D eigenvalue weighted by Crippen LogP contribution is 2.37. The van der Waals surface area contributed by atoms with Gasteiger partial charge in [-0.2, -0.15) is 10.4 Å². The summed E-state index contributed by atoms with van der Waals surface area (Å²) in [6.07, 6.45) is 2.27. The van der Waals surface area contributed by atoms with E-state index in [9.17, 15) is 9.50 Å². The second-order valence-corrected chi connectivity index (χ2v) is 10.2. The molecular weight excluding hydrogens is 467 g/mol. The van der Waals surface area contributed by atoms with E-state index in [1.165, 1.54) is 24.5 Å². The molecule has 4 aromatic heterocycles. The van der Waals surface area contributed by atoms with Crippen molar-refractivity contribution in [2.75, 3.05) is 23.3 Å². The van der Waals surface area contributed by atoms with Crippen molar-refractivity contribution in [3.05, 3.63) is 42.2 Å². The number of nitrogens with one attached hydrogen (secondary N) is 1. The Kier molecular flexibility index (Phi) is 5.86. The zero-order valence-corrected chi connectivity index (χ0v) is 20.4. The molecule has 0 spiro atoms. The molecule has 0 bridgehead atoms. The van der Waals surface area contributed by atoms with Crippen LogP contribution in [0.2, 0.25) is 0 Å². The highest BCUT2D eigenvalue weighted by molar-refractivity contribution is 7.18. The largest absolute Gasteiger partial charge is 0.387 e. The van der Waals surface area contributed by atoms with Crippen LogP contribution in [0.15, 0.2) is 36.7 Å². The van der Waals surface area contributed by atoms with Crippen molar-refractivity contribution < 1.29 is 9.50 Å². The van der Waals surface area contributed by atoms with Gasteiger partial charge in [0.2, 0.25) is 5.13 Å². The first-order valence-corrected chi connectivity index (χ1v) is 12.2. The molecule has 0 amide bonds. The Bertz CT molecular complexity index is 1420. The lowest BCUT2D eigenvalue weighted by Crippen LogP contribution is -2.51. The van der Waals surface area contributed by atoms with E-state index >= 15 is 0 Å². The maximum absolute atomic E-state index is 14.4. The topological polar surface area (TPSA) is 115 Å². The van der Waals surface area contributed by atoms with Crippen LogP contribution < -0.4 is 10.2 Å². The van der Waals surface area contributed by atoms with Crippen molar-refractivity contribution >= 4 is 27.7 Å². The first-order valence-electron chi connectivity index (χ1n) is 11.4. The maximum Gasteiger partial charge on any atom is 0.208 e. The average Bonchev–Trinajstić information content (AvgIpc) is 3.47. The van der Waals surface area contributed by atoms with E-state index in [0.717, 1.165) is 28.2 Å². The molecule has 5 heterocycles. The summed E-state index contributed by atoms with van der Waals surface area (Å²) in [5, 5.41) is 37.1. The van der Waals surface area contributed by atoms with E-state index in [0.29, 0.717) is 28.7 Å². The number of nitrogens with zero attached hydrogens (tertiary/aromatic N) is 7. The monoisotopic (exact) mass is 492 g/mol. The number of pyridine rings is 1. The zero-order valence-electron chi connectivity index (χ0n) is 19.6. The van der Waals surface area contributed by atoms with Crippen LogP contribution in [0.3, 0.4) is 0 Å². The van der Waals surface area contributed by atoms with Crippen LogP contribution in [-0.2, 0) is 0 Å². The van der Waals surface area contributed by atoms with Gasteiger partial charge in [-0.05, 0) is 51.5 Å². The third kappa shape index (κ3) is 4.42. The molecule has 0 saturated carbocycles. The van der Waals surface area contributed by atoms with Gasteiger partial charge in [0.25, 0.3) is 0 Å². The van der Waals surface area contributed by atoms with E-state index in [1.807, 2.05) is 36.9 Å². The second-order valence-electron chi connectivity index (χ2n) is 9.24. The summed E-state index contributed by atoms with van der Waals surface area (Å²) in [4.78, 5) is 6.51. The smallest absolute Gasteiger partial charge is 0.208 e. The zero-order chi connectivity index (χ0) is 24.7. The van der Waals surface area contributed by atoms with Gasteiger partial charge in [0, 0.05) is 24.5 Å². The molecular formula is C24H25FN8OS. The fourth-order valence-electron chi connectivity index (χ4n) is 4.08. The molecule has 0 unspecified atom stereocenters. The van der Waals surface area contributed by atoms with Crippen molar-refractivity contribution in [3.63, 3.8) is 0 Å². The van der Waals surface area contributed by atoms with Crippen molar-refractivity contribution in [2.45, 2.75) is 45.0 Å². The number of aromatic nitrogens is 5. The predicted molar refractivity (Wildman–Crippen MR) is 133 cm³/mol. The van der Waals surface area contributed by atoms with E-state index in [2.05, 4.69) is 31.7 Å². The summed E-state index contributed by atoms with van der Waals surface area (Å²) in [7, 11) is 0. The highest BCUT2D eigenvalue weighted by atomic mass is 32.1. The quantitative estimate of drug-likeness (QED) is 0.431. The Labute approximate surface area is 205 Å². The molecule has 4 aromatic rings. The third-order valence-corrected chi connectivity index (χ3v) is 7.12. The van der Waals surface area contributed by atoms with Gasteiger partial charge in [-0.15, -0.1) is 10.2 Å². The van der Waals surface area contributed by atoms with Crippen LogP contribution >= 0.6 is 11.3 Å². The number of alkyl halides is 1. The lowest BCUT2D eigenvalue weighted by Gasteiger charge is -2.38. The van der Waals surface area contributed by atoms with Crippen LogP contribution in [0.1, 0.15) is 32.8 Å². The molecule has 2 N–H and O–H groups in total. The van der Waals surface area contributed by atoms with Gasteiger partial charge in [-0.1, -0.05) is 11.3 Å². The minimum Gasteiger partial charge on any atom is -0.387 e. The average molecular weight is 493 g/mol. The van der Waals surface area contributed by atoms with Gasteiger partial charge in [0.05, 0.1) is 46.4 Å². The summed E-state index contributed by atoms with van der Waals surface area (Å²) >= 11 is 1.37. The molecule has 0 aromatic carbocycles. The molecule has 1 aliphatic heterocycles. The van der Waals surface area contributed by atoms with Gasteiger partial charge >= 0.3 is 0 Å². The second kappa shape index (κ2) is 8.87. The van der Waals surface area contributed by atoms with Crippen LogP contribution in [0, 0.1) is 11.3 Å². The molecule has 1 fully saturated rings. The van der Waals surface area contributed by atoms with Crippen LogP contribution in [0.5, 0.6) is 0 Å². The molecule has 1 saturated heterocycles. The lowest BCUT2D eigenvalue weighted by molar-refractivity contribution is -0.0330. The van der Waals surface area contributed by atoms with Crippen molar-refractivity contribution in [3.8, 4) is 28.0 Å². The minimum absolute atomic E-state index is 0.0811. The molecule has 0 aliphatic carbocycles. The molecule has 5 rings (SSSR count). The summed E-state index contributed by atoms with van der Waals surface area (Å²) < 4.78 is 16.1. The Morgan fingerprint density at radius 1 is 1.29 bits per heavy atom. The fourth-order valence-corrected chi connectivity index (χ4v) is 4.98. The number of fused-ring (bicyclic) bond motifs is 1. The molecule has 35 heavy (non-hydrogen) atoms. The van der Waals surface area contributed by atoms with Gasteiger partial charge in [-0.25, -0.2) is 8.91 Å². The first kappa shape index (κ1) is 23.1. The molecule has 1 aliphatic rings. The highest BCUT2D eigenvalue weighted by Gasteiger charge is 2.38. The number of hydrogen-bond acceptors (Lipinski definition) is 9. The maximum atomic E-state index is 14.4. The summed E-state index contributed by atoms with van der Waals surface area (Å²) in [6.45, 7) is 6.22. The molecule has 9 nitrogen and oxygen atoms in total. The molecule has 180 valence electrons. The van der Waals surface area contributed by atoms with Gasteiger partial charge in [-0.3, -0.25) is 4.98 Å². The Morgan fingerprint density at radius 3 is 2.86 bits per heavy atom. The van der Waals surface area contributed by atoms with E-state index in [4.69, 9.17) is 5.26 Å². The van der Waals surface area contributed by atoms with E-state index in [1.54, 1.807) is 16.8 Å². The molecule has 0 radical (unpaired) electrons. The first-order chi connectivity index (χ1) is 16.7. The van der Waals surface area contributed by atoms with Crippen molar-refractivity contribution in [1.29, 1.82) is 5.26 Å². The number of piperidine rings is 1. The normalized spacial score (nSPS) is 20.4. The minimum atomic E-state index is -1.35. The number of halogens is 1. The van der Waals surface area contributed by atoms with E-state index < -0.39 is 11.8 Å². The van der Waals surface area contributed by atoms with Crippen molar-refractivity contribution in [1.82, 2.24) is 24.8 Å².